The van der Waals surface area contributed by atoms with E-state index in [1.54, 1.807) is 72.8 Å². The number of rotatable bonds is 7. The van der Waals surface area contributed by atoms with Crippen molar-refractivity contribution in [3.05, 3.63) is 119 Å². The Balaban J connectivity index is 1.29. The van der Waals surface area contributed by atoms with Crippen molar-refractivity contribution in [3.8, 4) is 11.5 Å². The second-order valence-electron chi connectivity index (χ2n) is 7.81. The molecule has 0 aromatic heterocycles. The lowest BCUT2D eigenvalue weighted by Crippen LogP contribution is -2.11. The molecular formula is C28H24N2O4. The van der Waals surface area contributed by atoms with E-state index < -0.39 is 11.9 Å². The molecule has 0 aliphatic heterocycles. The largest absolute Gasteiger partial charge is 0.423 e. The highest BCUT2D eigenvalue weighted by atomic mass is 16.5. The van der Waals surface area contributed by atoms with Crippen molar-refractivity contribution in [2.75, 3.05) is 10.9 Å². The number of aryl methyl sites for hydroxylation is 2. The number of nitrogens with one attached hydrogen (secondary N) is 2. The molecule has 0 atom stereocenters. The van der Waals surface area contributed by atoms with Gasteiger partial charge >= 0.3 is 11.9 Å². The molecule has 6 heteroatoms. The summed E-state index contributed by atoms with van der Waals surface area (Å²) in [6.07, 6.45) is 0. The smallest absolute Gasteiger partial charge is 0.343 e. The average molecular weight is 453 g/mol. The summed E-state index contributed by atoms with van der Waals surface area (Å²) in [7, 11) is 0. The molecule has 0 radical (unpaired) electrons. The van der Waals surface area contributed by atoms with Crippen LogP contribution in [0.4, 0.5) is 11.4 Å². The molecule has 0 heterocycles. The Kier molecular flexibility index (Phi) is 6.89. The van der Waals surface area contributed by atoms with Gasteiger partial charge in [-0.05, 0) is 86.6 Å². The third kappa shape index (κ3) is 6.01. The Hall–Kier alpha value is -4.58. The first-order valence-corrected chi connectivity index (χ1v) is 10.8. The lowest BCUT2D eigenvalue weighted by atomic mass is 10.2. The van der Waals surface area contributed by atoms with Crippen LogP contribution < -0.4 is 20.3 Å². The Bertz CT molecular complexity index is 1160. The molecule has 2 N–H and O–H groups in total. The van der Waals surface area contributed by atoms with Crippen LogP contribution in [0.25, 0.3) is 0 Å². The fourth-order valence-corrected chi connectivity index (χ4v) is 3.07. The lowest BCUT2D eigenvalue weighted by Gasteiger charge is -2.11. The number of anilines is 2. The van der Waals surface area contributed by atoms with E-state index in [1.165, 1.54) is 0 Å². The second kappa shape index (κ2) is 10.4. The van der Waals surface area contributed by atoms with Crippen LogP contribution in [0.15, 0.2) is 97.1 Å². The first-order chi connectivity index (χ1) is 16.5. The van der Waals surface area contributed by atoms with Crippen LogP contribution in [0, 0.1) is 13.8 Å². The molecule has 170 valence electrons. The first-order valence-electron chi connectivity index (χ1n) is 10.8. The lowest BCUT2D eigenvalue weighted by molar-refractivity contribution is 0.0725. The molecule has 34 heavy (non-hydrogen) atoms. The fraction of sp³-hybridized carbons (Fsp3) is 0.0714. The Morgan fingerprint density at radius 2 is 0.824 bits per heavy atom. The number of benzene rings is 4. The summed E-state index contributed by atoms with van der Waals surface area (Å²) < 4.78 is 10.8. The molecule has 0 fully saturated rings. The summed E-state index contributed by atoms with van der Waals surface area (Å²) in [5.41, 5.74) is 10.7. The van der Waals surface area contributed by atoms with E-state index in [-0.39, 0.29) is 0 Å². The zero-order chi connectivity index (χ0) is 23.9. The molecular weight excluding hydrogens is 428 g/mol. The van der Waals surface area contributed by atoms with Crippen molar-refractivity contribution >= 4 is 23.3 Å². The van der Waals surface area contributed by atoms with E-state index in [1.807, 2.05) is 38.1 Å². The van der Waals surface area contributed by atoms with Crippen LogP contribution >= 0.6 is 0 Å². The molecule has 0 saturated carbocycles. The Morgan fingerprint density at radius 3 is 1.15 bits per heavy atom. The number of carbonyl (C=O) groups is 2. The van der Waals surface area contributed by atoms with Gasteiger partial charge in [0.2, 0.25) is 0 Å². The van der Waals surface area contributed by atoms with Crippen molar-refractivity contribution in [1.29, 1.82) is 0 Å². The summed E-state index contributed by atoms with van der Waals surface area (Å²) in [6, 6.07) is 28.4. The molecule has 6 nitrogen and oxygen atoms in total. The monoisotopic (exact) mass is 452 g/mol. The topological polar surface area (TPSA) is 76.7 Å². The minimum Gasteiger partial charge on any atom is -0.423 e. The third-order valence-electron chi connectivity index (χ3n) is 5.06. The molecule has 0 aliphatic carbocycles. The number of hydrogen-bond acceptors (Lipinski definition) is 6. The maximum atomic E-state index is 12.3. The van der Waals surface area contributed by atoms with Gasteiger partial charge in [0.25, 0.3) is 0 Å². The Morgan fingerprint density at radius 1 is 0.500 bits per heavy atom. The zero-order valence-corrected chi connectivity index (χ0v) is 18.9. The average Bonchev–Trinajstić information content (AvgIpc) is 2.86. The van der Waals surface area contributed by atoms with Crippen LogP contribution in [0.1, 0.15) is 31.8 Å². The quantitative estimate of drug-likeness (QED) is 0.198. The summed E-state index contributed by atoms with van der Waals surface area (Å²) in [5, 5.41) is 0. The van der Waals surface area contributed by atoms with Gasteiger partial charge in [0, 0.05) is 0 Å². The van der Waals surface area contributed by atoms with Gasteiger partial charge in [-0.1, -0.05) is 35.4 Å². The molecule has 0 spiro atoms. The van der Waals surface area contributed by atoms with Gasteiger partial charge in [0.15, 0.2) is 0 Å². The van der Waals surface area contributed by atoms with Crippen LogP contribution in [0.2, 0.25) is 0 Å². The predicted octanol–water partition coefficient (Wildman–Crippen LogP) is 6.18. The molecule has 4 aromatic rings. The standard InChI is InChI=1S/C28H24N2O4/c1-19-3-15-25(16-4-19)33-27(31)21-7-11-23(12-8-21)29-30-24-13-9-22(10-14-24)28(32)34-26-17-5-20(2)6-18-26/h3-18,29-30H,1-2H3. The minimum absolute atomic E-state index is 0.420. The van der Waals surface area contributed by atoms with Gasteiger partial charge in [-0.15, -0.1) is 0 Å². The molecule has 0 bridgehead atoms. The van der Waals surface area contributed by atoms with Crippen LogP contribution in [-0.4, -0.2) is 11.9 Å². The van der Waals surface area contributed by atoms with E-state index >= 15 is 0 Å². The third-order valence-corrected chi connectivity index (χ3v) is 5.06. The van der Waals surface area contributed by atoms with Gasteiger partial charge in [-0.2, -0.15) is 0 Å². The fourth-order valence-electron chi connectivity index (χ4n) is 3.07. The molecule has 4 rings (SSSR count). The van der Waals surface area contributed by atoms with Crippen molar-refractivity contribution in [3.63, 3.8) is 0 Å². The van der Waals surface area contributed by atoms with Gasteiger partial charge in [-0.3, -0.25) is 0 Å². The summed E-state index contributed by atoms with van der Waals surface area (Å²) >= 11 is 0. The predicted molar refractivity (Wildman–Crippen MR) is 132 cm³/mol. The second-order valence-corrected chi connectivity index (χ2v) is 7.81. The van der Waals surface area contributed by atoms with Gasteiger partial charge < -0.3 is 20.3 Å². The first kappa shape index (κ1) is 22.6. The molecule has 0 saturated heterocycles. The maximum absolute atomic E-state index is 12.3. The molecule has 0 aliphatic rings. The SMILES string of the molecule is Cc1ccc(OC(=O)c2ccc(NNc3ccc(C(=O)Oc4ccc(C)cc4)cc3)cc2)cc1. The zero-order valence-electron chi connectivity index (χ0n) is 18.9. The van der Waals surface area contributed by atoms with Crippen molar-refractivity contribution in [2.45, 2.75) is 13.8 Å². The number of ether oxygens (including phenoxy) is 2. The number of carbonyl (C=O) groups excluding carboxylic acids is 2. The highest BCUT2D eigenvalue weighted by Crippen LogP contribution is 2.18. The highest BCUT2D eigenvalue weighted by Gasteiger charge is 2.10. The van der Waals surface area contributed by atoms with Crippen LogP contribution in [0.3, 0.4) is 0 Å². The molecule has 0 unspecified atom stereocenters. The number of esters is 2. The van der Waals surface area contributed by atoms with E-state index in [0.717, 1.165) is 22.5 Å². The van der Waals surface area contributed by atoms with Gasteiger partial charge in [0.1, 0.15) is 11.5 Å². The van der Waals surface area contributed by atoms with E-state index in [0.29, 0.717) is 22.6 Å². The summed E-state index contributed by atoms with van der Waals surface area (Å²) in [6.45, 7) is 3.95. The highest BCUT2D eigenvalue weighted by molar-refractivity contribution is 5.92. The van der Waals surface area contributed by atoms with E-state index in [4.69, 9.17) is 9.47 Å². The summed E-state index contributed by atoms with van der Waals surface area (Å²) in [5.74, 6) is 0.171. The Labute approximate surface area is 198 Å². The number of hydrazine groups is 1. The molecule has 4 aromatic carbocycles. The van der Waals surface area contributed by atoms with Gasteiger partial charge in [0.05, 0.1) is 22.5 Å². The van der Waals surface area contributed by atoms with Crippen LogP contribution in [0.5, 0.6) is 11.5 Å². The minimum atomic E-state index is -0.420. The maximum Gasteiger partial charge on any atom is 0.343 e. The summed E-state index contributed by atoms with van der Waals surface area (Å²) in [4.78, 5) is 24.6. The molecule has 0 amide bonds. The van der Waals surface area contributed by atoms with E-state index in [9.17, 15) is 9.59 Å². The van der Waals surface area contributed by atoms with Crippen molar-refractivity contribution < 1.29 is 19.1 Å². The normalized spacial score (nSPS) is 10.3. The van der Waals surface area contributed by atoms with Crippen molar-refractivity contribution in [1.82, 2.24) is 0 Å². The van der Waals surface area contributed by atoms with Crippen molar-refractivity contribution in [2.24, 2.45) is 0 Å². The van der Waals surface area contributed by atoms with E-state index in [2.05, 4.69) is 10.9 Å². The van der Waals surface area contributed by atoms with Crippen LogP contribution in [-0.2, 0) is 0 Å². The number of hydrogen-bond donors (Lipinski definition) is 2. The van der Waals surface area contributed by atoms with Gasteiger partial charge in [-0.25, -0.2) is 9.59 Å².